The van der Waals surface area contributed by atoms with Crippen LogP contribution in [-0.2, 0) is 20.9 Å². The van der Waals surface area contributed by atoms with Crippen molar-refractivity contribution in [1.82, 2.24) is 9.55 Å². The van der Waals surface area contributed by atoms with Crippen molar-refractivity contribution < 1.29 is 14.3 Å². The molecular weight excluding hydrogens is 328 g/mol. The Balaban J connectivity index is 1.96. The van der Waals surface area contributed by atoms with Crippen LogP contribution in [0.5, 0.6) is 0 Å². The predicted octanol–water partition coefficient (Wildman–Crippen LogP) is -0.0213. The highest BCUT2D eigenvalue weighted by Gasteiger charge is 2.18. The number of anilines is 1. The highest BCUT2D eigenvalue weighted by atomic mass is 16.5. The fraction of sp³-hybridized carbons (Fsp3) is 0.188. The molecule has 2 aromatic rings. The van der Waals surface area contributed by atoms with E-state index in [1.54, 1.807) is 18.2 Å². The first-order valence-electron chi connectivity index (χ1n) is 7.19. The average molecular weight is 342 g/mol. The molecular formula is C16H14N4O5. The minimum Gasteiger partial charge on any atom is -0.451 e. The van der Waals surface area contributed by atoms with E-state index in [9.17, 15) is 19.2 Å². The van der Waals surface area contributed by atoms with Crippen molar-refractivity contribution in [2.45, 2.75) is 19.6 Å². The third-order valence-electron chi connectivity index (χ3n) is 3.13. The van der Waals surface area contributed by atoms with Gasteiger partial charge in [-0.3, -0.25) is 23.9 Å². The molecule has 2 rings (SSSR count). The van der Waals surface area contributed by atoms with Gasteiger partial charge >= 0.3 is 11.7 Å². The number of carbonyl (C=O) groups is 2. The first-order chi connectivity index (χ1) is 11.9. The molecule has 1 aromatic carbocycles. The van der Waals surface area contributed by atoms with Crippen molar-refractivity contribution in [3.63, 3.8) is 0 Å². The minimum atomic E-state index is -1.11. The molecule has 0 aliphatic heterocycles. The first-order valence-corrected chi connectivity index (χ1v) is 7.19. The largest absolute Gasteiger partial charge is 0.451 e. The summed E-state index contributed by atoms with van der Waals surface area (Å²) in [7, 11) is 0. The zero-order chi connectivity index (χ0) is 18.4. The number of ether oxygens (including phenoxy) is 1. The molecule has 9 heteroatoms. The number of nitrogens with zero attached hydrogens (tertiary/aromatic N) is 2. The van der Waals surface area contributed by atoms with E-state index in [2.05, 4.69) is 5.32 Å². The lowest BCUT2D eigenvalue weighted by Crippen LogP contribution is -2.34. The summed E-state index contributed by atoms with van der Waals surface area (Å²) in [6, 6.07) is 9.29. The van der Waals surface area contributed by atoms with Gasteiger partial charge in [0.25, 0.3) is 11.5 Å². The molecule has 0 radical (unpaired) electrons. The molecule has 1 heterocycles. The molecule has 0 fully saturated rings. The second kappa shape index (κ2) is 7.74. The van der Waals surface area contributed by atoms with Crippen molar-refractivity contribution in [2.75, 3.05) is 5.32 Å². The van der Waals surface area contributed by atoms with Gasteiger partial charge in [0.15, 0.2) is 6.10 Å². The molecule has 2 N–H and O–H groups in total. The lowest BCUT2D eigenvalue weighted by molar-refractivity contribution is -0.153. The summed E-state index contributed by atoms with van der Waals surface area (Å²) >= 11 is 0. The Morgan fingerprint density at radius 3 is 2.80 bits per heavy atom. The maximum Gasteiger partial charge on any atom is 0.328 e. The topological polar surface area (TPSA) is 134 Å². The van der Waals surface area contributed by atoms with E-state index in [0.717, 1.165) is 16.8 Å². The van der Waals surface area contributed by atoms with Gasteiger partial charge in [0.2, 0.25) is 0 Å². The van der Waals surface area contributed by atoms with Crippen molar-refractivity contribution >= 4 is 17.6 Å². The number of carbonyl (C=O) groups excluding carboxylic acids is 2. The van der Waals surface area contributed by atoms with Crippen LogP contribution in [0.15, 0.2) is 46.1 Å². The van der Waals surface area contributed by atoms with Gasteiger partial charge in [-0.25, -0.2) is 4.79 Å². The maximum atomic E-state index is 12.0. The van der Waals surface area contributed by atoms with Gasteiger partial charge in [0.05, 0.1) is 11.6 Å². The molecule has 1 atom stereocenters. The summed E-state index contributed by atoms with van der Waals surface area (Å²) in [5, 5.41) is 11.3. The molecule has 9 nitrogen and oxygen atoms in total. The lowest BCUT2D eigenvalue weighted by Gasteiger charge is -2.14. The number of nitriles is 1. The van der Waals surface area contributed by atoms with Crippen LogP contribution in [-0.4, -0.2) is 27.5 Å². The third-order valence-corrected chi connectivity index (χ3v) is 3.13. The Bertz CT molecular complexity index is 954. The molecule has 1 amide bonds. The summed E-state index contributed by atoms with van der Waals surface area (Å²) in [6.07, 6.45) is 0.0392. The molecule has 25 heavy (non-hydrogen) atoms. The third kappa shape index (κ3) is 4.90. The van der Waals surface area contributed by atoms with E-state index in [1.807, 2.05) is 11.1 Å². The van der Waals surface area contributed by atoms with E-state index in [0.29, 0.717) is 11.3 Å². The summed E-state index contributed by atoms with van der Waals surface area (Å²) in [6.45, 7) is 0.925. The van der Waals surface area contributed by atoms with Crippen molar-refractivity contribution in [3.8, 4) is 6.07 Å². The number of aromatic amines is 1. The fourth-order valence-corrected chi connectivity index (χ4v) is 1.91. The van der Waals surface area contributed by atoms with Gasteiger partial charge in [0.1, 0.15) is 6.54 Å². The maximum absolute atomic E-state index is 12.0. The number of hydrogen-bond acceptors (Lipinski definition) is 6. The summed E-state index contributed by atoms with van der Waals surface area (Å²) in [5.74, 6) is -1.40. The normalized spacial score (nSPS) is 11.2. The van der Waals surface area contributed by atoms with Gasteiger partial charge in [-0.1, -0.05) is 6.07 Å². The van der Waals surface area contributed by atoms with Crippen LogP contribution in [0.4, 0.5) is 5.69 Å². The van der Waals surface area contributed by atoms with E-state index < -0.39 is 35.8 Å². The standard InChI is InChI=1S/C16H14N4O5/c1-10(15(23)18-12-4-2-3-11(7-12)8-17)25-14(22)9-20-6-5-13(21)19-16(20)24/h2-7,10H,9H2,1H3,(H,18,23)(H,19,21,24)/t10-/m1/s1. The average Bonchev–Trinajstić information content (AvgIpc) is 2.57. The van der Waals surface area contributed by atoms with Crippen LogP contribution in [0.25, 0.3) is 0 Å². The summed E-state index contributed by atoms with van der Waals surface area (Å²) < 4.78 is 5.91. The predicted molar refractivity (Wildman–Crippen MR) is 86.7 cm³/mol. The van der Waals surface area contributed by atoms with Gasteiger partial charge in [-0.05, 0) is 25.1 Å². The van der Waals surface area contributed by atoms with E-state index in [-0.39, 0.29) is 0 Å². The van der Waals surface area contributed by atoms with Gasteiger partial charge < -0.3 is 10.1 Å². The molecule has 0 unspecified atom stereocenters. The zero-order valence-electron chi connectivity index (χ0n) is 13.2. The Kier molecular flexibility index (Phi) is 5.47. The quantitative estimate of drug-likeness (QED) is 0.733. The Labute approximate surface area is 141 Å². The lowest BCUT2D eigenvalue weighted by atomic mass is 10.2. The number of hydrogen-bond donors (Lipinski definition) is 2. The molecule has 0 bridgehead atoms. The van der Waals surface area contributed by atoms with Crippen LogP contribution in [0.2, 0.25) is 0 Å². The number of nitrogens with one attached hydrogen (secondary N) is 2. The number of H-pyrrole nitrogens is 1. The second-order valence-corrected chi connectivity index (χ2v) is 5.05. The smallest absolute Gasteiger partial charge is 0.328 e. The molecule has 0 saturated heterocycles. The van der Waals surface area contributed by atoms with Crippen molar-refractivity contribution in [2.24, 2.45) is 0 Å². The Morgan fingerprint density at radius 1 is 1.36 bits per heavy atom. The fourth-order valence-electron chi connectivity index (χ4n) is 1.91. The van der Waals surface area contributed by atoms with Crippen molar-refractivity contribution in [1.29, 1.82) is 5.26 Å². The summed E-state index contributed by atoms with van der Waals surface area (Å²) in [5.41, 5.74) is -0.569. The molecule has 0 aliphatic rings. The Hall–Kier alpha value is -3.67. The molecule has 0 saturated carbocycles. The highest BCUT2D eigenvalue weighted by Crippen LogP contribution is 2.10. The number of rotatable bonds is 5. The zero-order valence-corrected chi connectivity index (χ0v) is 13.2. The van der Waals surface area contributed by atoms with E-state index >= 15 is 0 Å². The van der Waals surface area contributed by atoms with Gasteiger partial charge in [-0.2, -0.15) is 5.26 Å². The van der Waals surface area contributed by atoms with E-state index in [1.165, 1.54) is 13.0 Å². The Morgan fingerprint density at radius 2 is 2.12 bits per heavy atom. The minimum absolute atomic E-state index is 0.375. The van der Waals surface area contributed by atoms with Crippen LogP contribution in [0.1, 0.15) is 12.5 Å². The summed E-state index contributed by atoms with van der Waals surface area (Å²) in [4.78, 5) is 48.3. The number of aromatic nitrogens is 2. The van der Waals surface area contributed by atoms with Crippen molar-refractivity contribution in [3.05, 3.63) is 62.9 Å². The SMILES string of the molecule is C[C@@H](OC(=O)Cn1ccc(=O)[nH]c1=O)C(=O)Nc1cccc(C#N)c1. The number of amides is 1. The molecule has 0 aliphatic carbocycles. The van der Waals surface area contributed by atoms with Crippen LogP contribution >= 0.6 is 0 Å². The van der Waals surface area contributed by atoms with Gasteiger partial charge in [-0.15, -0.1) is 0 Å². The monoisotopic (exact) mass is 342 g/mol. The molecule has 1 aromatic heterocycles. The van der Waals surface area contributed by atoms with Crippen LogP contribution < -0.4 is 16.6 Å². The van der Waals surface area contributed by atoms with Crippen LogP contribution in [0, 0.1) is 11.3 Å². The highest BCUT2D eigenvalue weighted by molar-refractivity contribution is 5.95. The number of esters is 1. The molecule has 0 spiro atoms. The molecule has 128 valence electrons. The van der Waals surface area contributed by atoms with E-state index in [4.69, 9.17) is 10.00 Å². The van der Waals surface area contributed by atoms with Crippen LogP contribution in [0.3, 0.4) is 0 Å². The second-order valence-electron chi connectivity index (χ2n) is 5.05. The number of benzene rings is 1. The van der Waals surface area contributed by atoms with Gasteiger partial charge in [0, 0.05) is 18.0 Å². The first kappa shape index (κ1) is 17.7.